The van der Waals surface area contributed by atoms with E-state index in [0.717, 1.165) is 25.9 Å². The van der Waals surface area contributed by atoms with Crippen molar-refractivity contribution in [3.63, 3.8) is 0 Å². The minimum Gasteiger partial charge on any atom is -0.376 e. The van der Waals surface area contributed by atoms with Gasteiger partial charge in [0.1, 0.15) is 0 Å². The SMILES string of the molecule is CCCC(Cl)CCCOC(C)(C)C. The van der Waals surface area contributed by atoms with Crippen LogP contribution in [0.1, 0.15) is 53.4 Å². The number of alkyl halides is 1. The van der Waals surface area contributed by atoms with Gasteiger partial charge in [-0.1, -0.05) is 13.3 Å². The first-order valence-electron chi connectivity index (χ1n) is 5.23. The maximum atomic E-state index is 6.08. The fourth-order valence-electron chi connectivity index (χ4n) is 1.14. The van der Waals surface area contributed by atoms with Gasteiger partial charge < -0.3 is 4.74 Å². The van der Waals surface area contributed by atoms with Crippen molar-refractivity contribution in [3.8, 4) is 0 Å². The first-order chi connectivity index (χ1) is 5.95. The lowest BCUT2D eigenvalue weighted by Gasteiger charge is -2.19. The Labute approximate surface area is 87.8 Å². The Kier molecular flexibility index (Phi) is 6.79. The highest BCUT2D eigenvalue weighted by Crippen LogP contribution is 2.13. The number of rotatable bonds is 6. The molecule has 0 amide bonds. The van der Waals surface area contributed by atoms with Crippen LogP contribution in [-0.4, -0.2) is 17.6 Å². The number of ether oxygens (including phenoxy) is 1. The Morgan fingerprint density at radius 2 is 1.85 bits per heavy atom. The van der Waals surface area contributed by atoms with E-state index in [2.05, 4.69) is 27.7 Å². The quantitative estimate of drug-likeness (QED) is 0.472. The minimum absolute atomic E-state index is 0.00738. The molecule has 0 fully saturated rings. The molecule has 0 aromatic heterocycles. The van der Waals surface area contributed by atoms with Gasteiger partial charge in [0.25, 0.3) is 0 Å². The molecule has 0 N–H and O–H groups in total. The third-order valence-electron chi connectivity index (χ3n) is 1.80. The van der Waals surface area contributed by atoms with Crippen LogP contribution in [0.25, 0.3) is 0 Å². The van der Waals surface area contributed by atoms with Crippen LogP contribution in [0.2, 0.25) is 0 Å². The highest BCUT2D eigenvalue weighted by molar-refractivity contribution is 6.20. The Balaban J connectivity index is 3.25. The molecule has 0 spiro atoms. The van der Waals surface area contributed by atoms with Gasteiger partial charge in [0.05, 0.1) is 5.60 Å². The van der Waals surface area contributed by atoms with Gasteiger partial charge in [0.15, 0.2) is 0 Å². The zero-order valence-electron chi connectivity index (χ0n) is 9.40. The summed E-state index contributed by atoms with van der Waals surface area (Å²) < 4.78 is 5.60. The van der Waals surface area contributed by atoms with Crippen LogP contribution in [-0.2, 0) is 4.74 Å². The fraction of sp³-hybridized carbons (Fsp3) is 1.00. The zero-order valence-corrected chi connectivity index (χ0v) is 10.2. The highest BCUT2D eigenvalue weighted by atomic mass is 35.5. The Morgan fingerprint density at radius 3 is 2.31 bits per heavy atom. The van der Waals surface area contributed by atoms with Crippen molar-refractivity contribution in [3.05, 3.63) is 0 Å². The van der Waals surface area contributed by atoms with Crippen molar-refractivity contribution >= 4 is 11.6 Å². The highest BCUT2D eigenvalue weighted by Gasteiger charge is 2.09. The molecule has 0 radical (unpaired) electrons. The molecule has 0 rings (SSSR count). The first-order valence-corrected chi connectivity index (χ1v) is 5.67. The Hall–Kier alpha value is 0.250. The van der Waals surface area contributed by atoms with Crippen molar-refractivity contribution < 1.29 is 4.74 Å². The standard InChI is InChI=1S/C11H23ClO/c1-5-7-10(12)8-6-9-13-11(2,3)4/h10H,5-9H2,1-4H3. The molecule has 0 heterocycles. The van der Waals surface area contributed by atoms with E-state index in [0.29, 0.717) is 5.38 Å². The summed E-state index contributed by atoms with van der Waals surface area (Å²) in [5.74, 6) is 0. The molecule has 0 aromatic rings. The van der Waals surface area contributed by atoms with E-state index in [4.69, 9.17) is 16.3 Å². The van der Waals surface area contributed by atoms with Crippen LogP contribution in [0.3, 0.4) is 0 Å². The molecule has 0 aromatic carbocycles. The molecule has 0 bridgehead atoms. The molecule has 13 heavy (non-hydrogen) atoms. The average Bonchev–Trinajstić information content (AvgIpc) is 1.97. The van der Waals surface area contributed by atoms with Crippen LogP contribution in [0.5, 0.6) is 0 Å². The molecule has 2 heteroatoms. The van der Waals surface area contributed by atoms with Gasteiger partial charge >= 0.3 is 0 Å². The monoisotopic (exact) mass is 206 g/mol. The van der Waals surface area contributed by atoms with Gasteiger partial charge in [-0.3, -0.25) is 0 Å². The van der Waals surface area contributed by atoms with E-state index in [1.807, 2.05) is 0 Å². The van der Waals surface area contributed by atoms with Crippen molar-refractivity contribution in [2.24, 2.45) is 0 Å². The van der Waals surface area contributed by atoms with Crippen molar-refractivity contribution in [2.45, 2.75) is 64.4 Å². The number of halogens is 1. The Morgan fingerprint density at radius 1 is 1.23 bits per heavy atom. The number of hydrogen-bond acceptors (Lipinski definition) is 1. The largest absolute Gasteiger partial charge is 0.376 e. The van der Waals surface area contributed by atoms with Crippen molar-refractivity contribution in [1.82, 2.24) is 0 Å². The third-order valence-corrected chi connectivity index (χ3v) is 2.24. The van der Waals surface area contributed by atoms with E-state index < -0.39 is 0 Å². The van der Waals surface area contributed by atoms with Gasteiger partial charge in [0, 0.05) is 12.0 Å². The van der Waals surface area contributed by atoms with Crippen LogP contribution < -0.4 is 0 Å². The van der Waals surface area contributed by atoms with Crippen LogP contribution in [0.4, 0.5) is 0 Å². The van der Waals surface area contributed by atoms with Crippen LogP contribution in [0, 0.1) is 0 Å². The predicted octanol–water partition coefficient (Wildman–Crippen LogP) is 3.99. The second-order valence-corrected chi connectivity index (χ2v) is 5.11. The normalized spacial score (nSPS) is 14.5. The molecule has 1 atom stereocenters. The Bertz CT molecular complexity index is 118. The van der Waals surface area contributed by atoms with E-state index in [1.165, 1.54) is 6.42 Å². The molecule has 0 aliphatic carbocycles. The molecule has 1 unspecified atom stereocenters. The summed E-state index contributed by atoms with van der Waals surface area (Å²) in [7, 11) is 0. The second kappa shape index (κ2) is 6.67. The first kappa shape index (κ1) is 13.2. The van der Waals surface area contributed by atoms with Crippen LogP contribution in [0.15, 0.2) is 0 Å². The summed E-state index contributed by atoms with van der Waals surface area (Å²) in [6.07, 6.45) is 4.45. The molecule has 0 saturated carbocycles. The zero-order chi connectivity index (χ0) is 10.3. The summed E-state index contributed by atoms with van der Waals surface area (Å²) >= 11 is 6.08. The summed E-state index contributed by atoms with van der Waals surface area (Å²) in [4.78, 5) is 0. The average molecular weight is 207 g/mol. The summed E-state index contributed by atoms with van der Waals surface area (Å²) in [5.41, 5.74) is -0.00738. The second-order valence-electron chi connectivity index (χ2n) is 4.49. The molecular weight excluding hydrogens is 184 g/mol. The van der Waals surface area contributed by atoms with Crippen molar-refractivity contribution in [1.29, 1.82) is 0 Å². The van der Waals surface area contributed by atoms with E-state index in [1.54, 1.807) is 0 Å². The molecule has 1 nitrogen and oxygen atoms in total. The predicted molar refractivity (Wildman–Crippen MR) is 59.5 cm³/mol. The lowest BCUT2D eigenvalue weighted by Crippen LogP contribution is -2.20. The van der Waals surface area contributed by atoms with E-state index in [9.17, 15) is 0 Å². The van der Waals surface area contributed by atoms with Crippen LogP contribution >= 0.6 is 11.6 Å². The van der Waals surface area contributed by atoms with Gasteiger partial charge in [-0.15, -0.1) is 11.6 Å². The smallest absolute Gasteiger partial charge is 0.0598 e. The third kappa shape index (κ3) is 10.2. The summed E-state index contributed by atoms with van der Waals surface area (Å²) in [6.45, 7) is 9.24. The van der Waals surface area contributed by atoms with E-state index >= 15 is 0 Å². The molecule has 80 valence electrons. The number of hydrogen-bond donors (Lipinski definition) is 0. The minimum atomic E-state index is -0.00738. The lowest BCUT2D eigenvalue weighted by atomic mass is 10.1. The fourth-order valence-corrected chi connectivity index (χ4v) is 1.51. The topological polar surface area (TPSA) is 9.23 Å². The summed E-state index contributed by atoms with van der Waals surface area (Å²) in [6, 6.07) is 0. The maximum absolute atomic E-state index is 6.08. The van der Waals surface area contributed by atoms with Gasteiger partial charge in [-0.2, -0.15) is 0 Å². The van der Waals surface area contributed by atoms with Gasteiger partial charge in [-0.05, 0) is 40.0 Å². The molecule has 0 saturated heterocycles. The van der Waals surface area contributed by atoms with Gasteiger partial charge in [-0.25, -0.2) is 0 Å². The maximum Gasteiger partial charge on any atom is 0.0598 e. The summed E-state index contributed by atoms with van der Waals surface area (Å²) in [5, 5.41) is 0.341. The molecule has 0 aliphatic heterocycles. The van der Waals surface area contributed by atoms with Gasteiger partial charge in [0.2, 0.25) is 0 Å². The van der Waals surface area contributed by atoms with E-state index in [-0.39, 0.29) is 5.60 Å². The molecule has 0 aliphatic rings. The lowest BCUT2D eigenvalue weighted by molar-refractivity contribution is -0.00466. The van der Waals surface area contributed by atoms with Crippen molar-refractivity contribution in [2.75, 3.05) is 6.61 Å². The molecular formula is C11H23ClO.